The first-order valence-corrected chi connectivity index (χ1v) is 6.23. The highest BCUT2D eigenvalue weighted by Gasteiger charge is 2.21. The van der Waals surface area contributed by atoms with E-state index in [9.17, 15) is 4.79 Å². The molecule has 0 aromatic carbocycles. The van der Waals surface area contributed by atoms with Crippen molar-refractivity contribution >= 4 is 5.78 Å². The van der Waals surface area contributed by atoms with Crippen LogP contribution in [-0.2, 0) is 4.79 Å². The Bertz CT molecular complexity index is 168. The predicted octanol–water partition coefficient (Wildman–Crippen LogP) is 3.96. The van der Waals surface area contributed by atoms with Crippen LogP contribution in [0.3, 0.4) is 0 Å². The molecule has 0 saturated heterocycles. The molecule has 1 saturated carbocycles. The van der Waals surface area contributed by atoms with E-state index in [-0.39, 0.29) is 0 Å². The van der Waals surface area contributed by atoms with E-state index in [1.807, 2.05) is 0 Å². The lowest BCUT2D eigenvalue weighted by molar-refractivity contribution is -0.117. The number of hydrogen-bond donors (Lipinski definition) is 0. The average molecular weight is 196 g/mol. The van der Waals surface area contributed by atoms with Crippen LogP contribution in [0.2, 0.25) is 0 Å². The van der Waals surface area contributed by atoms with E-state index in [0.29, 0.717) is 5.78 Å². The van der Waals surface area contributed by atoms with Gasteiger partial charge < -0.3 is 4.79 Å². The van der Waals surface area contributed by atoms with Crippen molar-refractivity contribution < 1.29 is 4.79 Å². The second-order valence-corrected chi connectivity index (χ2v) is 4.81. The minimum atomic E-state index is 0.360. The smallest absolute Gasteiger partial charge is 0.129 e. The van der Waals surface area contributed by atoms with Crippen molar-refractivity contribution in [3.8, 4) is 0 Å². The molecule has 1 nitrogen and oxygen atoms in total. The lowest BCUT2D eigenvalue weighted by atomic mass is 9.77. The first kappa shape index (κ1) is 11.7. The first-order chi connectivity index (χ1) is 6.74. The number of hydrogen-bond acceptors (Lipinski definition) is 1. The van der Waals surface area contributed by atoms with E-state index < -0.39 is 0 Å². The van der Waals surface area contributed by atoms with Gasteiger partial charge in [-0.3, -0.25) is 0 Å². The Morgan fingerprint density at radius 2 is 1.93 bits per heavy atom. The third kappa shape index (κ3) is 3.81. The molecule has 1 rings (SSSR count). The Hall–Kier alpha value is -0.330. The van der Waals surface area contributed by atoms with Crippen LogP contribution in [0.1, 0.15) is 65.2 Å². The van der Waals surface area contributed by atoms with Gasteiger partial charge in [-0.15, -0.1) is 0 Å². The summed E-state index contributed by atoms with van der Waals surface area (Å²) in [5.74, 6) is 2.10. The van der Waals surface area contributed by atoms with Gasteiger partial charge in [-0.25, -0.2) is 0 Å². The number of carbonyl (C=O) groups is 1. The van der Waals surface area contributed by atoms with Crippen LogP contribution in [0.4, 0.5) is 0 Å². The molecular weight excluding hydrogens is 172 g/mol. The van der Waals surface area contributed by atoms with E-state index in [1.165, 1.54) is 38.5 Å². The molecule has 14 heavy (non-hydrogen) atoms. The van der Waals surface area contributed by atoms with Crippen LogP contribution >= 0.6 is 0 Å². The summed E-state index contributed by atoms with van der Waals surface area (Å²) < 4.78 is 0. The van der Waals surface area contributed by atoms with Gasteiger partial charge in [0.2, 0.25) is 0 Å². The molecule has 0 radical (unpaired) electrons. The monoisotopic (exact) mass is 196 g/mol. The summed E-state index contributed by atoms with van der Waals surface area (Å²) in [5, 5.41) is 0. The molecule has 0 heterocycles. The van der Waals surface area contributed by atoms with Gasteiger partial charge in [0.25, 0.3) is 0 Å². The maximum Gasteiger partial charge on any atom is 0.129 e. The molecule has 1 heteroatoms. The SMILES string of the molecule is CCC(CCC(C)=O)C1CCCCC1. The van der Waals surface area contributed by atoms with Gasteiger partial charge in [-0.1, -0.05) is 45.4 Å². The standard InChI is InChI=1S/C13H24O/c1-3-12(10-9-11(2)14)13-7-5-4-6-8-13/h12-13H,3-10H2,1-2H3. The molecule has 1 aliphatic carbocycles. The van der Waals surface area contributed by atoms with Gasteiger partial charge in [0, 0.05) is 6.42 Å². The zero-order chi connectivity index (χ0) is 10.4. The number of rotatable bonds is 5. The zero-order valence-corrected chi connectivity index (χ0v) is 9.72. The summed E-state index contributed by atoms with van der Waals surface area (Å²) in [6.07, 6.45) is 10.3. The Morgan fingerprint density at radius 1 is 1.29 bits per heavy atom. The first-order valence-electron chi connectivity index (χ1n) is 6.23. The highest BCUT2D eigenvalue weighted by atomic mass is 16.1. The fraction of sp³-hybridized carbons (Fsp3) is 0.923. The average Bonchev–Trinajstić information content (AvgIpc) is 2.20. The van der Waals surface area contributed by atoms with Crippen molar-refractivity contribution in [1.29, 1.82) is 0 Å². The Labute approximate surface area is 88.3 Å². The Kier molecular flexibility index (Phi) is 5.21. The van der Waals surface area contributed by atoms with Gasteiger partial charge in [0.15, 0.2) is 0 Å². The van der Waals surface area contributed by atoms with Crippen LogP contribution < -0.4 is 0 Å². The molecule has 0 N–H and O–H groups in total. The van der Waals surface area contributed by atoms with E-state index in [2.05, 4.69) is 6.92 Å². The molecule has 0 bridgehead atoms. The van der Waals surface area contributed by atoms with Crippen LogP contribution in [0, 0.1) is 11.8 Å². The van der Waals surface area contributed by atoms with Crippen molar-refractivity contribution in [3.05, 3.63) is 0 Å². The third-order valence-corrected chi connectivity index (χ3v) is 3.71. The fourth-order valence-corrected chi connectivity index (χ4v) is 2.77. The van der Waals surface area contributed by atoms with Gasteiger partial charge in [-0.2, -0.15) is 0 Å². The van der Waals surface area contributed by atoms with Gasteiger partial charge in [-0.05, 0) is 25.2 Å². The topological polar surface area (TPSA) is 17.1 Å². The highest BCUT2D eigenvalue weighted by Crippen LogP contribution is 2.34. The van der Waals surface area contributed by atoms with Crippen LogP contribution in [0.15, 0.2) is 0 Å². The van der Waals surface area contributed by atoms with Gasteiger partial charge in [0.05, 0.1) is 0 Å². The summed E-state index contributed by atoms with van der Waals surface area (Å²) in [7, 11) is 0. The zero-order valence-electron chi connectivity index (χ0n) is 9.72. The second-order valence-electron chi connectivity index (χ2n) is 4.81. The minimum absolute atomic E-state index is 0.360. The lowest BCUT2D eigenvalue weighted by Crippen LogP contribution is -2.18. The van der Waals surface area contributed by atoms with Gasteiger partial charge >= 0.3 is 0 Å². The number of Topliss-reactive ketones (excluding diaryl/α,β-unsaturated/α-hetero) is 1. The molecule has 1 aliphatic rings. The maximum absolute atomic E-state index is 10.9. The van der Waals surface area contributed by atoms with Crippen molar-refractivity contribution in [2.75, 3.05) is 0 Å². The predicted molar refractivity (Wildman–Crippen MR) is 60.3 cm³/mol. The maximum atomic E-state index is 10.9. The normalized spacial score (nSPS) is 20.7. The Morgan fingerprint density at radius 3 is 2.43 bits per heavy atom. The van der Waals surface area contributed by atoms with E-state index in [4.69, 9.17) is 0 Å². The van der Waals surface area contributed by atoms with Crippen LogP contribution in [0.5, 0.6) is 0 Å². The number of ketones is 1. The second kappa shape index (κ2) is 6.21. The largest absolute Gasteiger partial charge is 0.300 e. The summed E-state index contributed by atoms with van der Waals surface area (Å²) in [6.45, 7) is 3.99. The summed E-state index contributed by atoms with van der Waals surface area (Å²) in [5.41, 5.74) is 0. The molecule has 1 atom stereocenters. The van der Waals surface area contributed by atoms with Crippen molar-refractivity contribution in [2.45, 2.75) is 65.2 Å². The van der Waals surface area contributed by atoms with E-state index in [0.717, 1.165) is 24.7 Å². The Balaban J connectivity index is 2.31. The molecule has 1 unspecified atom stereocenters. The quantitative estimate of drug-likeness (QED) is 0.650. The van der Waals surface area contributed by atoms with Crippen LogP contribution in [-0.4, -0.2) is 5.78 Å². The summed E-state index contributed by atoms with van der Waals surface area (Å²) >= 11 is 0. The van der Waals surface area contributed by atoms with E-state index >= 15 is 0 Å². The summed E-state index contributed by atoms with van der Waals surface area (Å²) in [6, 6.07) is 0. The van der Waals surface area contributed by atoms with Gasteiger partial charge in [0.1, 0.15) is 5.78 Å². The molecule has 0 aromatic rings. The van der Waals surface area contributed by atoms with E-state index in [1.54, 1.807) is 6.92 Å². The number of carbonyl (C=O) groups excluding carboxylic acids is 1. The fourth-order valence-electron chi connectivity index (χ4n) is 2.77. The molecule has 82 valence electrons. The van der Waals surface area contributed by atoms with Crippen molar-refractivity contribution in [3.63, 3.8) is 0 Å². The molecule has 0 aromatic heterocycles. The van der Waals surface area contributed by atoms with Crippen LogP contribution in [0.25, 0.3) is 0 Å². The summed E-state index contributed by atoms with van der Waals surface area (Å²) in [4.78, 5) is 10.9. The molecule has 0 spiro atoms. The molecule has 0 amide bonds. The van der Waals surface area contributed by atoms with Crippen molar-refractivity contribution in [1.82, 2.24) is 0 Å². The molecule has 1 fully saturated rings. The molecule has 0 aliphatic heterocycles. The minimum Gasteiger partial charge on any atom is -0.300 e. The lowest BCUT2D eigenvalue weighted by Gasteiger charge is -2.29. The van der Waals surface area contributed by atoms with Crippen molar-refractivity contribution in [2.24, 2.45) is 11.8 Å². The molecular formula is C13H24O. The highest BCUT2D eigenvalue weighted by molar-refractivity contribution is 5.75. The third-order valence-electron chi connectivity index (χ3n) is 3.71.